The van der Waals surface area contributed by atoms with E-state index in [-0.39, 0.29) is 11.6 Å². The number of fused-ring (bicyclic) bond motifs is 1. The van der Waals surface area contributed by atoms with Gasteiger partial charge in [-0.2, -0.15) is 5.10 Å². The average Bonchev–Trinajstić information content (AvgIpc) is 2.68. The molecule has 2 aromatic rings. The van der Waals surface area contributed by atoms with Crippen LogP contribution >= 0.6 is 0 Å². The van der Waals surface area contributed by atoms with Crippen LogP contribution in [0, 0.1) is 0 Å². The van der Waals surface area contributed by atoms with Gasteiger partial charge in [0.05, 0.1) is 6.20 Å². The summed E-state index contributed by atoms with van der Waals surface area (Å²) in [5, 5.41) is 13.5. The SMILES string of the molecule is CC(C)n1ncc2cc(/C=C/C(=O)O)c(=O)[nH]c21. The molecular formula is C12H13N3O3. The maximum absolute atomic E-state index is 11.8. The number of carbonyl (C=O) groups is 1. The monoisotopic (exact) mass is 247 g/mol. The number of aromatic nitrogens is 3. The van der Waals surface area contributed by atoms with Gasteiger partial charge in [-0.25, -0.2) is 9.48 Å². The molecule has 0 aliphatic rings. The van der Waals surface area contributed by atoms with E-state index in [1.54, 1.807) is 16.9 Å². The van der Waals surface area contributed by atoms with Crippen LogP contribution in [0.15, 0.2) is 23.1 Å². The molecule has 0 saturated carbocycles. The zero-order valence-corrected chi connectivity index (χ0v) is 10.0. The zero-order chi connectivity index (χ0) is 13.3. The summed E-state index contributed by atoms with van der Waals surface area (Å²) in [5.74, 6) is -1.09. The second-order valence-electron chi connectivity index (χ2n) is 4.21. The van der Waals surface area contributed by atoms with Crippen LogP contribution in [-0.4, -0.2) is 25.8 Å². The molecule has 0 aliphatic heterocycles. The first-order valence-corrected chi connectivity index (χ1v) is 5.50. The number of rotatable bonds is 3. The Balaban J connectivity index is 2.58. The molecule has 2 heterocycles. The topological polar surface area (TPSA) is 88.0 Å². The van der Waals surface area contributed by atoms with Crippen LogP contribution in [0.2, 0.25) is 0 Å². The fourth-order valence-electron chi connectivity index (χ4n) is 1.70. The third-order valence-electron chi connectivity index (χ3n) is 2.52. The van der Waals surface area contributed by atoms with Crippen molar-refractivity contribution in [3.05, 3.63) is 34.3 Å². The number of nitrogens with one attached hydrogen (secondary N) is 1. The van der Waals surface area contributed by atoms with E-state index in [0.717, 1.165) is 11.5 Å². The van der Waals surface area contributed by atoms with Crippen LogP contribution in [0.3, 0.4) is 0 Å². The highest BCUT2D eigenvalue weighted by molar-refractivity contribution is 5.86. The Morgan fingerprint density at radius 1 is 1.56 bits per heavy atom. The van der Waals surface area contributed by atoms with E-state index in [1.165, 1.54) is 6.08 Å². The molecule has 94 valence electrons. The van der Waals surface area contributed by atoms with Crippen molar-refractivity contribution in [1.29, 1.82) is 0 Å². The molecule has 0 amide bonds. The van der Waals surface area contributed by atoms with Crippen LogP contribution in [0.5, 0.6) is 0 Å². The van der Waals surface area contributed by atoms with Gasteiger partial charge in [0, 0.05) is 23.1 Å². The normalized spacial score (nSPS) is 11.7. The number of hydrogen-bond donors (Lipinski definition) is 2. The van der Waals surface area contributed by atoms with Crippen molar-refractivity contribution >= 4 is 23.1 Å². The van der Waals surface area contributed by atoms with E-state index >= 15 is 0 Å². The van der Waals surface area contributed by atoms with E-state index in [1.807, 2.05) is 13.8 Å². The molecule has 0 unspecified atom stereocenters. The van der Waals surface area contributed by atoms with Crippen molar-refractivity contribution < 1.29 is 9.90 Å². The zero-order valence-electron chi connectivity index (χ0n) is 10.0. The summed E-state index contributed by atoms with van der Waals surface area (Å²) in [5.41, 5.74) is 0.609. The average molecular weight is 247 g/mol. The van der Waals surface area contributed by atoms with E-state index in [9.17, 15) is 9.59 Å². The van der Waals surface area contributed by atoms with Gasteiger partial charge in [0.25, 0.3) is 5.56 Å². The van der Waals surface area contributed by atoms with Crippen LogP contribution in [-0.2, 0) is 4.79 Å². The van der Waals surface area contributed by atoms with Crippen molar-refractivity contribution in [2.24, 2.45) is 0 Å². The van der Waals surface area contributed by atoms with Crippen molar-refractivity contribution in [2.45, 2.75) is 19.9 Å². The minimum Gasteiger partial charge on any atom is -0.478 e. The summed E-state index contributed by atoms with van der Waals surface area (Å²) in [7, 11) is 0. The predicted molar refractivity (Wildman–Crippen MR) is 67.4 cm³/mol. The Morgan fingerprint density at radius 2 is 2.28 bits per heavy atom. The maximum Gasteiger partial charge on any atom is 0.328 e. The summed E-state index contributed by atoms with van der Waals surface area (Å²) in [6, 6.07) is 1.76. The minimum absolute atomic E-state index is 0.138. The standard InChI is InChI=1S/C12H13N3O3/c1-7(2)15-11-9(6-13-15)5-8(12(18)14-11)3-4-10(16)17/h3-7H,1-2H3,(H,14,18)(H,16,17)/b4-3+. The van der Waals surface area contributed by atoms with Crippen molar-refractivity contribution in [2.75, 3.05) is 0 Å². The second kappa shape index (κ2) is 4.48. The molecule has 18 heavy (non-hydrogen) atoms. The molecule has 0 aromatic carbocycles. The first kappa shape index (κ1) is 12.1. The van der Waals surface area contributed by atoms with Crippen LogP contribution < -0.4 is 5.56 Å². The number of carboxylic acid groups (broad SMARTS) is 1. The number of aromatic amines is 1. The number of nitrogens with zero attached hydrogens (tertiary/aromatic N) is 2. The van der Waals surface area contributed by atoms with Crippen LogP contribution in [0.25, 0.3) is 17.1 Å². The molecule has 0 aliphatic carbocycles. The highest BCUT2D eigenvalue weighted by Gasteiger charge is 2.08. The molecule has 0 atom stereocenters. The lowest BCUT2D eigenvalue weighted by molar-refractivity contribution is -0.131. The predicted octanol–water partition coefficient (Wildman–Crippen LogP) is 1.40. The lowest BCUT2D eigenvalue weighted by Crippen LogP contribution is -2.12. The molecule has 2 rings (SSSR count). The van der Waals surface area contributed by atoms with Gasteiger partial charge in [-0.3, -0.25) is 4.79 Å². The molecule has 0 radical (unpaired) electrons. The number of H-pyrrole nitrogens is 1. The van der Waals surface area contributed by atoms with E-state index in [0.29, 0.717) is 11.2 Å². The Bertz CT molecular complexity index is 679. The van der Waals surface area contributed by atoms with Gasteiger partial charge < -0.3 is 10.1 Å². The fraction of sp³-hybridized carbons (Fsp3) is 0.250. The summed E-state index contributed by atoms with van der Waals surface area (Å²) in [6.07, 6.45) is 3.85. The number of hydrogen-bond acceptors (Lipinski definition) is 3. The third-order valence-corrected chi connectivity index (χ3v) is 2.52. The van der Waals surface area contributed by atoms with Crippen LogP contribution in [0.1, 0.15) is 25.5 Å². The third kappa shape index (κ3) is 2.17. The molecule has 2 N–H and O–H groups in total. The summed E-state index contributed by atoms with van der Waals surface area (Å²) >= 11 is 0. The molecule has 2 aromatic heterocycles. The van der Waals surface area contributed by atoms with Crippen LogP contribution in [0.4, 0.5) is 0 Å². The Morgan fingerprint density at radius 3 is 2.89 bits per heavy atom. The molecule has 0 saturated heterocycles. The second-order valence-corrected chi connectivity index (χ2v) is 4.21. The minimum atomic E-state index is -1.09. The van der Waals surface area contributed by atoms with E-state index in [4.69, 9.17) is 5.11 Å². The Hall–Kier alpha value is -2.37. The van der Waals surface area contributed by atoms with Crippen molar-refractivity contribution in [3.63, 3.8) is 0 Å². The number of pyridine rings is 1. The molecule has 0 spiro atoms. The first-order chi connectivity index (χ1) is 8.49. The molecule has 0 fully saturated rings. The van der Waals surface area contributed by atoms with Gasteiger partial charge in [0.2, 0.25) is 0 Å². The largest absolute Gasteiger partial charge is 0.478 e. The highest BCUT2D eigenvalue weighted by atomic mass is 16.4. The maximum atomic E-state index is 11.8. The number of aliphatic carboxylic acids is 1. The van der Waals surface area contributed by atoms with Gasteiger partial charge in [-0.15, -0.1) is 0 Å². The van der Waals surface area contributed by atoms with E-state index < -0.39 is 5.97 Å². The lowest BCUT2D eigenvalue weighted by atomic mass is 10.2. The van der Waals surface area contributed by atoms with Crippen molar-refractivity contribution in [3.8, 4) is 0 Å². The van der Waals surface area contributed by atoms with Crippen molar-refractivity contribution in [1.82, 2.24) is 14.8 Å². The number of carboxylic acids is 1. The fourth-order valence-corrected chi connectivity index (χ4v) is 1.70. The molecule has 0 bridgehead atoms. The van der Waals surface area contributed by atoms with E-state index in [2.05, 4.69) is 10.1 Å². The smallest absolute Gasteiger partial charge is 0.328 e. The highest BCUT2D eigenvalue weighted by Crippen LogP contribution is 2.15. The summed E-state index contributed by atoms with van der Waals surface area (Å²) in [4.78, 5) is 24.9. The van der Waals surface area contributed by atoms with Gasteiger partial charge in [-0.1, -0.05) is 0 Å². The Labute approximate surface area is 103 Å². The Kier molecular flexibility index (Phi) is 3.01. The van der Waals surface area contributed by atoms with Gasteiger partial charge >= 0.3 is 5.97 Å². The first-order valence-electron chi connectivity index (χ1n) is 5.50. The van der Waals surface area contributed by atoms with Gasteiger partial charge in [-0.05, 0) is 26.0 Å². The van der Waals surface area contributed by atoms with Gasteiger partial charge in [0.1, 0.15) is 5.65 Å². The molecule has 6 nitrogen and oxygen atoms in total. The van der Waals surface area contributed by atoms with Gasteiger partial charge in [0.15, 0.2) is 0 Å². The molecular weight excluding hydrogens is 234 g/mol. The molecule has 6 heteroatoms. The quantitative estimate of drug-likeness (QED) is 0.802. The summed E-state index contributed by atoms with van der Waals surface area (Å²) in [6.45, 7) is 3.92. The lowest BCUT2D eigenvalue weighted by Gasteiger charge is -2.06. The summed E-state index contributed by atoms with van der Waals surface area (Å²) < 4.78 is 1.71.